The molecular formula is C17H19NOS2. The third-order valence-corrected chi connectivity index (χ3v) is 5.86. The molecule has 1 aliphatic heterocycles. The number of amides is 1. The van der Waals surface area contributed by atoms with Gasteiger partial charge in [-0.2, -0.15) is 0 Å². The lowest BCUT2D eigenvalue weighted by Gasteiger charge is -2.29. The van der Waals surface area contributed by atoms with Crippen molar-refractivity contribution in [1.82, 2.24) is 4.90 Å². The molecule has 1 aromatic carbocycles. The minimum absolute atomic E-state index is 0.0331. The summed E-state index contributed by atoms with van der Waals surface area (Å²) >= 11 is 3.41. The second kappa shape index (κ2) is 6.24. The minimum atomic E-state index is -0.0331. The first-order valence-corrected chi connectivity index (χ1v) is 8.97. The molecule has 0 N–H and O–H groups in total. The highest BCUT2D eigenvalue weighted by Crippen LogP contribution is 2.28. The number of thiophene rings is 1. The Morgan fingerprint density at radius 2 is 2.05 bits per heavy atom. The van der Waals surface area contributed by atoms with Crippen LogP contribution in [0.2, 0.25) is 0 Å². The summed E-state index contributed by atoms with van der Waals surface area (Å²) in [5.41, 5.74) is 2.67. The van der Waals surface area contributed by atoms with E-state index in [0.29, 0.717) is 0 Å². The molecule has 0 fully saturated rings. The number of carbonyl (C=O) groups is 1. The van der Waals surface area contributed by atoms with Crippen molar-refractivity contribution in [2.45, 2.75) is 37.0 Å². The first-order valence-electron chi connectivity index (χ1n) is 7.21. The van der Waals surface area contributed by atoms with Crippen LogP contribution in [0.4, 0.5) is 0 Å². The lowest BCUT2D eigenvalue weighted by atomic mass is 10.1. The van der Waals surface area contributed by atoms with Gasteiger partial charge in [-0.1, -0.05) is 17.7 Å². The molecule has 21 heavy (non-hydrogen) atoms. The molecule has 1 aromatic heterocycles. The van der Waals surface area contributed by atoms with Crippen molar-refractivity contribution >= 4 is 29.0 Å². The maximum absolute atomic E-state index is 12.6. The molecule has 0 spiro atoms. The lowest BCUT2D eigenvalue weighted by Crippen LogP contribution is -2.39. The SMILES string of the molecule is Cc1ccc(SC(C)C(=O)N2CCc3ccsc3C2)cc1. The van der Waals surface area contributed by atoms with Gasteiger partial charge in [-0.3, -0.25) is 4.79 Å². The molecule has 3 rings (SSSR count). The molecule has 1 unspecified atom stereocenters. The zero-order chi connectivity index (χ0) is 14.8. The molecule has 2 aromatic rings. The van der Waals surface area contributed by atoms with Crippen molar-refractivity contribution in [3.63, 3.8) is 0 Å². The van der Waals surface area contributed by atoms with E-state index in [2.05, 4.69) is 42.6 Å². The van der Waals surface area contributed by atoms with Crippen LogP contribution in [0.5, 0.6) is 0 Å². The van der Waals surface area contributed by atoms with Crippen LogP contribution < -0.4 is 0 Å². The number of carbonyl (C=O) groups excluding carboxylic acids is 1. The van der Waals surface area contributed by atoms with Gasteiger partial charge in [0, 0.05) is 16.3 Å². The zero-order valence-corrected chi connectivity index (χ0v) is 14.0. The fourth-order valence-electron chi connectivity index (χ4n) is 2.55. The van der Waals surface area contributed by atoms with Crippen molar-refractivity contribution in [1.29, 1.82) is 0 Å². The van der Waals surface area contributed by atoms with E-state index in [0.717, 1.165) is 24.4 Å². The summed E-state index contributed by atoms with van der Waals surface area (Å²) in [6.07, 6.45) is 0.993. The van der Waals surface area contributed by atoms with E-state index < -0.39 is 0 Å². The lowest BCUT2D eigenvalue weighted by molar-refractivity contribution is -0.131. The van der Waals surface area contributed by atoms with Crippen molar-refractivity contribution < 1.29 is 4.79 Å². The van der Waals surface area contributed by atoms with E-state index in [1.54, 1.807) is 23.1 Å². The Hall–Kier alpha value is -1.26. The minimum Gasteiger partial charge on any atom is -0.336 e. The van der Waals surface area contributed by atoms with Crippen LogP contribution in [-0.4, -0.2) is 22.6 Å². The van der Waals surface area contributed by atoms with E-state index in [1.165, 1.54) is 16.0 Å². The van der Waals surface area contributed by atoms with Crippen LogP contribution in [0.3, 0.4) is 0 Å². The Bertz CT molecular complexity index is 632. The molecule has 2 nitrogen and oxygen atoms in total. The van der Waals surface area contributed by atoms with Gasteiger partial charge < -0.3 is 4.90 Å². The zero-order valence-electron chi connectivity index (χ0n) is 12.3. The second-order valence-electron chi connectivity index (χ2n) is 5.45. The highest BCUT2D eigenvalue weighted by molar-refractivity contribution is 8.00. The van der Waals surface area contributed by atoms with Gasteiger partial charge in [0.1, 0.15) is 0 Å². The van der Waals surface area contributed by atoms with Crippen LogP contribution >= 0.6 is 23.1 Å². The quantitative estimate of drug-likeness (QED) is 0.794. The molecule has 1 aliphatic rings. The molecule has 110 valence electrons. The summed E-state index contributed by atoms with van der Waals surface area (Å²) in [7, 11) is 0. The summed E-state index contributed by atoms with van der Waals surface area (Å²) in [4.78, 5) is 17.1. The third kappa shape index (κ3) is 3.33. The monoisotopic (exact) mass is 317 g/mol. The van der Waals surface area contributed by atoms with Crippen LogP contribution in [0, 0.1) is 6.92 Å². The van der Waals surface area contributed by atoms with E-state index in [-0.39, 0.29) is 11.2 Å². The number of nitrogens with zero attached hydrogens (tertiary/aromatic N) is 1. The first-order chi connectivity index (χ1) is 10.1. The largest absolute Gasteiger partial charge is 0.336 e. The van der Waals surface area contributed by atoms with Crippen molar-refractivity contribution in [2.75, 3.05) is 6.54 Å². The molecular weight excluding hydrogens is 298 g/mol. The van der Waals surface area contributed by atoms with Gasteiger partial charge in [0.25, 0.3) is 0 Å². The predicted molar refractivity (Wildman–Crippen MR) is 89.9 cm³/mol. The first kappa shape index (κ1) is 14.7. The van der Waals surface area contributed by atoms with E-state index in [9.17, 15) is 4.79 Å². The van der Waals surface area contributed by atoms with Gasteiger partial charge in [-0.05, 0) is 49.4 Å². The molecule has 1 atom stereocenters. The maximum atomic E-state index is 12.6. The Morgan fingerprint density at radius 1 is 1.29 bits per heavy atom. The summed E-state index contributed by atoms with van der Waals surface area (Å²) < 4.78 is 0. The summed E-state index contributed by atoms with van der Waals surface area (Å²) in [5, 5.41) is 2.09. The smallest absolute Gasteiger partial charge is 0.236 e. The van der Waals surface area contributed by atoms with E-state index in [4.69, 9.17) is 0 Å². The van der Waals surface area contributed by atoms with Gasteiger partial charge in [0.05, 0.1) is 11.8 Å². The number of fused-ring (bicyclic) bond motifs is 1. The van der Waals surface area contributed by atoms with E-state index >= 15 is 0 Å². The topological polar surface area (TPSA) is 20.3 Å². The molecule has 0 bridgehead atoms. The van der Waals surface area contributed by atoms with Crippen LogP contribution in [0.15, 0.2) is 40.6 Å². The summed E-state index contributed by atoms with van der Waals surface area (Å²) in [5.74, 6) is 0.250. The molecule has 1 amide bonds. The number of thioether (sulfide) groups is 1. The van der Waals surface area contributed by atoms with Gasteiger partial charge in [-0.25, -0.2) is 0 Å². The Morgan fingerprint density at radius 3 is 2.81 bits per heavy atom. The number of hydrogen-bond acceptors (Lipinski definition) is 3. The van der Waals surface area contributed by atoms with Crippen LogP contribution in [-0.2, 0) is 17.8 Å². The van der Waals surface area contributed by atoms with Crippen molar-refractivity contribution in [2.24, 2.45) is 0 Å². The fraction of sp³-hybridized carbons (Fsp3) is 0.353. The van der Waals surface area contributed by atoms with Gasteiger partial charge in [0.15, 0.2) is 0 Å². The summed E-state index contributed by atoms with van der Waals surface area (Å²) in [6.45, 7) is 5.72. The van der Waals surface area contributed by atoms with E-state index in [1.807, 2.05) is 11.8 Å². The van der Waals surface area contributed by atoms with Crippen LogP contribution in [0.25, 0.3) is 0 Å². The third-order valence-electron chi connectivity index (χ3n) is 3.82. The van der Waals surface area contributed by atoms with Crippen molar-refractivity contribution in [3.05, 3.63) is 51.7 Å². The normalized spacial score (nSPS) is 15.6. The summed E-state index contributed by atoms with van der Waals surface area (Å²) in [6, 6.07) is 10.6. The van der Waals surface area contributed by atoms with Gasteiger partial charge >= 0.3 is 0 Å². The average Bonchev–Trinajstić information content (AvgIpc) is 2.96. The number of hydrogen-bond donors (Lipinski definition) is 0. The standard InChI is InChI=1S/C17H19NOS2/c1-12-3-5-15(6-4-12)21-13(2)17(19)18-9-7-14-8-10-20-16(14)11-18/h3-6,8,10,13H,7,9,11H2,1-2H3. The highest BCUT2D eigenvalue weighted by Gasteiger charge is 2.25. The maximum Gasteiger partial charge on any atom is 0.236 e. The Balaban J connectivity index is 1.64. The van der Waals surface area contributed by atoms with Crippen LogP contribution in [0.1, 0.15) is 22.9 Å². The Kier molecular flexibility index (Phi) is 4.36. The fourth-order valence-corrected chi connectivity index (χ4v) is 4.45. The average molecular weight is 317 g/mol. The van der Waals surface area contributed by atoms with Gasteiger partial charge in [0.2, 0.25) is 5.91 Å². The highest BCUT2D eigenvalue weighted by atomic mass is 32.2. The molecule has 2 heterocycles. The molecule has 0 radical (unpaired) electrons. The number of rotatable bonds is 3. The number of aryl methyl sites for hydroxylation is 1. The molecule has 0 saturated carbocycles. The van der Waals surface area contributed by atoms with Gasteiger partial charge in [-0.15, -0.1) is 23.1 Å². The molecule has 4 heteroatoms. The molecule has 0 saturated heterocycles. The number of benzene rings is 1. The predicted octanol–water partition coefficient (Wildman–Crippen LogP) is 4.12. The van der Waals surface area contributed by atoms with Crippen molar-refractivity contribution in [3.8, 4) is 0 Å². The second-order valence-corrected chi connectivity index (χ2v) is 7.87. The molecule has 0 aliphatic carbocycles. The Labute approximate surface area is 134 Å².